The van der Waals surface area contributed by atoms with Crippen molar-refractivity contribution in [2.45, 2.75) is 58.2 Å². The highest BCUT2D eigenvalue weighted by atomic mass is 16.5. The molecule has 138 valence electrons. The van der Waals surface area contributed by atoms with Crippen LogP contribution in [0.1, 0.15) is 50.4 Å². The van der Waals surface area contributed by atoms with E-state index >= 15 is 0 Å². The quantitative estimate of drug-likeness (QED) is 0.823. The van der Waals surface area contributed by atoms with E-state index in [-0.39, 0.29) is 36.5 Å². The van der Waals surface area contributed by atoms with Gasteiger partial charge in [0, 0.05) is 30.2 Å². The van der Waals surface area contributed by atoms with Crippen LogP contribution in [-0.2, 0) is 4.79 Å². The second-order valence-corrected chi connectivity index (χ2v) is 6.85. The van der Waals surface area contributed by atoms with E-state index in [1.807, 2.05) is 11.8 Å². The third kappa shape index (κ3) is 5.19. The van der Waals surface area contributed by atoms with Gasteiger partial charge in [0.1, 0.15) is 5.75 Å². The minimum atomic E-state index is -0.170. The SMILES string of the molecule is CC1CCCC(C)N1C(=O)COc1ccc(C(=O)N[C@@H](C)CN)cc1. The lowest BCUT2D eigenvalue weighted by molar-refractivity contribution is -0.139. The summed E-state index contributed by atoms with van der Waals surface area (Å²) < 4.78 is 5.61. The van der Waals surface area contributed by atoms with Gasteiger partial charge >= 0.3 is 0 Å². The summed E-state index contributed by atoms with van der Waals surface area (Å²) in [4.78, 5) is 26.4. The van der Waals surface area contributed by atoms with Crippen LogP contribution in [0, 0.1) is 0 Å². The van der Waals surface area contributed by atoms with Gasteiger partial charge in [-0.15, -0.1) is 0 Å². The molecule has 2 unspecified atom stereocenters. The summed E-state index contributed by atoms with van der Waals surface area (Å²) in [6.45, 7) is 6.43. The number of carbonyl (C=O) groups excluding carboxylic acids is 2. The maximum Gasteiger partial charge on any atom is 0.260 e. The highest BCUT2D eigenvalue weighted by Crippen LogP contribution is 2.23. The van der Waals surface area contributed by atoms with Gasteiger partial charge in [0.15, 0.2) is 6.61 Å². The van der Waals surface area contributed by atoms with Crippen LogP contribution in [0.3, 0.4) is 0 Å². The minimum Gasteiger partial charge on any atom is -0.484 e. The second-order valence-electron chi connectivity index (χ2n) is 6.85. The van der Waals surface area contributed by atoms with Gasteiger partial charge in [0.25, 0.3) is 11.8 Å². The first-order chi connectivity index (χ1) is 11.9. The molecule has 3 atom stereocenters. The van der Waals surface area contributed by atoms with Crippen molar-refractivity contribution < 1.29 is 14.3 Å². The molecule has 0 aliphatic carbocycles. The number of rotatable bonds is 6. The topological polar surface area (TPSA) is 84.7 Å². The number of carbonyl (C=O) groups is 2. The number of nitrogens with zero attached hydrogens (tertiary/aromatic N) is 1. The number of hydrogen-bond donors (Lipinski definition) is 2. The molecule has 2 amide bonds. The van der Waals surface area contributed by atoms with E-state index in [4.69, 9.17) is 10.5 Å². The monoisotopic (exact) mass is 347 g/mol. The first-order valence-electron chi connectivity index (χ1n) is 8.97. The molecular formula is C19H29N3O3. The van der Waals surface area contributed by atoms with Crippen LogP contribution in [0.4, 0.5) is 0 Å². The molecule has 1 aliphatic rings. The fourth-order valence-electron chi connectivity index (χ4n) is 3.20. The first kappa shape index (κ1) is 19.2. The zero-order valence-corrected chi connectivity index (χ0v) is 15.3. The third-order valence-electron chi connectivity index (χ3n) is 4.69. The number of piperidine rings is 1. The Labute approximate surface area is 149 Å². The van der Waals surface area contributed by atoms with Crippen LogP contribution in [0.5, 0.6) is 5.75 Å². The van der Waals surface area contributed by atoms with Crippen molar-refractivity contribution in [2.24, 2.45) is 5.73 Å². The lowest BCUT2D eigenvalue weighted by Gasteiger charge is -2.38. The molecule has 3 N–H and O–H groups in total. The molecule has 25 heavy (non-hydrogen) atoms. The summed E-state index contributed by atoms with van der Waals surface area (Å²) in [5.41, 5.74) is 6.04. The fourth-order valence-corrected chi connectivity index (χ4v) is 3.20. The Bertz CT molecular complexity index is 578. The first-order valence-corrected chi connectivity index (χ1v) is 8.97. The summed E-state index contributed by atoms with van der Waals surface area (Å²) in [6, 6.07) is 7.23. The molecule has 1 fully saturated rings. The van der Waals surface area contributed by atoms with E-state index in [2.05, 4.69) is 19.2 Å². The van der Waals surface area contributed by atoms with Crippen molar-refractivity contribution in [3.05, 3.63) is 29.8 Å². The van der Waals surface area contributed by atoms with Gasteiger partial charge < -0.3 is 20.7 Å². The predicted molar refractivity (Wildman–Crippen MR) is 97.5 cm³/mol. The lowest BCUT2D eigenvalue weighted by atomic mass is 9.97. The Balaban J connectivity index is 1.88. The number of amides is 2. The van der Waals surface area contributed by atoms with Gasteiger partial charge in [0.2, 0.25) is 0 Å². The second kappa shape index (κ2) is 8.85. The predicted octanol–water partition coefficient (Wildman–Crippen LogP) is 1.93. The molecule has 0 spiro atoms. The summed E-state index contributed by atoms with van der Waals surface area (Å²) in [6.07, 6.45) is 3.25. The molecule has 0 bridgehead atoms. The molecular weight excluding hydrogens is 318 g/mol. The smallest absolute Gasteiger partial charge is 0.260 e. The van der Waals surface area contributed by atoms with Crippen LogP contribution in [0.2, 0.25) is 0 Å². The molecule has 0 aromatic heterocycles. The van der Waals surface area contributed by atoms with E-state index in [1.54, 1.807) is 24.3 Å². The van der Waals surface area contributed by atoms with Gasteiger partial charge in [-0.25, -0.2) is 0 Å². The summed E-state index contributed by atoms with van der Waals surface area (Å²) in [5.74, 6) is 0.420. The molecule has 1 aliphatic heterocycles. The Kier molecular flexibility index (Phi) is 6.82. The maximum atomic E-state index is 12.4. The van der Waals surface area contributed by atoms with E-state index in [9.17, 15) is 9.59 Å². The molecule has 0 saturated carbocycles. The number of hydrogen-bond acceptors (Lipinski definition) is 4. The van der Waals surface area contributed by atoms with E-state index in [0.29, 0.717) is 17.9 Å². The van der Waals surface area contributed by atoms with Crippen molar-refractivity contribution in [1.29, 1.82) is 0 Å². The van der Waals surface area contributed by atoms with Crippen molar-refractivity contribution in [2.75, 3.05) is 13.2 Å². The highest BCUT2D eigenvalue weighted by molar-refractivity contribution is 5.94. The zero-order chi connectivity index (χ0) is 18.4. The van der Waals surface area contributed by atoms with E-state index in [1.165, 1.54) is 6.42 Å². The molecule has 2 rings (SSSR count). The molecule has 1 aromatic carbocycles. The highest BCUT2D eigenvalue weighted by Gasteiger charge is 2.28. The molecule has 1 saturated heterocycles. The van der Waals surface area contributed by atoms with Crippen LogP contribution in [0.25, 0.3) is 0 Å². The normalized spacial score (nSPS) is 21.5. The molecule has 6 heteroatoms. The molecule has 1 aromatic rings. The summed E-state index contributed by atoms with van der Waals surface area (Å²) >= 11 is 0. The van der Waals surface area contributed by atoms with Crippen molar-refractivity contribution >= 4 is 11.8 Å². The lowest BCUT2D eigenvalue weighted by Crippen LogP contribution is -2.49. The Morgan fingerprint density at radius 3 is 2.40 bits per heavy atom. The Hall–Kier alpha value is -2.08. The van der Waals surface area contributed by atoms with Gasteiger partial charge in [-0.1, -0.05) is 0 Å². The maximum absolute atomic E-state index is 12.4. The third-order valence-corrected chi connectivity index (χ3v) is 4.69. The van der Waals surface area contributed by atoms with Crippen molar-refractivity contribution in [3.8, 4) is 5.75 Å². The zero-order valence-electron chi connectivity index (χ0n) is 15.3. The van der Waals surface area contributed by atoms with Gasteiger partial charge in [-0.3, -0.25) is 9.59 Å². The van der Waals surface area contributed by atoms with E-state index in [0.717, 1.165) is 12.8 Å². The van der Waals surface area contributed by atoms with E-state index < -0.39 is 0 Å². The number of ether oxygens (including phenoxy) is 1. The van der Waals surface area contributed by atoms with Crippen LogP contribution in [-0.4, -0.2) is 48.0 Å². The summed E-state index contributed by atoms with van der Waals surface area (Å²) in [7, 11) is 0. The van der Waals surface area contributed by atoms with Crippen LogP contribution in [0.15, 0.2) is 24.3 Å². The van der Waals surface area contributed by atoms with Crippen molar-refractivity contribution in [3.63, 3.8) is 0 Å². The molecule has 1 heterocycles. The van der Waals surface area contributed by atoms with Crippen LogP contribution >= 0.6 is 0 Å². The summed E-state index contributed by atoms with van der Waals surface area (Å²) in [5, 5.41) is 2.80. The average molecular weight is 347 g/mol. The Morgan fingerprint density at radius 2 is 1.84 bits per heavy atom. The average Bonchev–Trinajstić information content (AvgIpc) is 2.60. The number of likely N-dealkylation sites (tertiary alicyclic amines) is 1. The molecule has 0 radical (unpaired) electrons. The minimum absolute atomic E-state index is 0.0123. The largest absolute Gasteiger partial charge is 0.484 e. The fraction of sp³-hybridized carbons (Fsp3) is 0.579. The van der Waals surface area contributed by atoms with Gasteiger partial charge in [-0.05, 0) is 64.3 Å². The number of nitrogens with two attached hydrogens (primary N) is 1. The Morgan fingerprint density at radius 1 is 1.24 bits per heavy atom. The van der Waals surface area contributed by atoms with Gasteiger partial charge in [-0.2, -0.15) is 0 Å². The van der Waals surface area contributed by atoms with Gasteiger partial charge in [0.05, 0.1) is 0 Å². The van der Waals surface area contributed by atoms with Crippen LogP contribution < -0.4 is 15.8 Å². The number of nitrogens with one attached hydrogen (secondary N) is 1. The molecule has 6 nitrogen and oxygen atoms in total. The number of benzene rings is 1. The van der Waals surface area contributed by atoms with Crippen molar-refractivity contribution in [1.82, 2.24) is 10.2 Å². The standard InChI is InChI=1S/C19H29N3O3/c1-13(11-20)21-19(24)16-7-9-17(10-8-16)25-12-18(23)22-14(2)5-4-6-15(22)3/h7-10,13-15H,4-6,11-12,20H2,1-3H3,(H,21,24)/t13-,14?,15?/m0/s1.